The lowest BCUT2D eigenvalue weighted by atomic mass is 10.2. The van der Waals surface area contributed by atoms with Gasteiger partial charge < -0.3 is 25.6 Å². The number of anilines is 2. The third-order valence-corrected chi connectivity index (χ3v) is 4.42. The Morgan fingerprint density at radius 2 is 1.97 bits per heavy atom. The van der Waals surface area contributed by atoms with E-state index in [2.05, 4.69) is 25.8 Å². The van der Waals surface area contributed by atoms with Crippen molar-refractivity contribution >= 4 is 23.2 Å². The molecular weight excluding hydrogens is 376 g/mol. The molecular formula is C19H24N6O4. The predicted molar refractivity (Wildman–Crippen MR) is 109 cm³/mol. The van der Waals surface area contributed by atoms with Crippen LogP contribution in [0.5, 0.6) is 0 Å². The minimum Gasteiger partial charge on any atom is -0.378 e. The quantitative estimate of drug-likeness (QED) is 0.350. The largest absolute Gasteiger partial charge is 0.378 e. The molecule has 3 rings (SSSR count). The molecule has 0 atom stereocenters. The Bertz CT molecular complexity index is 841. The normalized spacial score (nSPS) is 13.6. The van der Waals surface area contributed by atoms with Crippen molar-refractivity contribution in [2.75, 3.05) is 49.6 Å². The van der Waals surface area contributed by atoms with Crippen LogP contribution in [0.3, 0.4) is 0 Å². The van der Waals surface area contributed by atoms with Gasteiger partial charge in [-0.15, -0.1) is 0 Å². The second-order valence-electron chi connectivity index (χ2n) is 6.43. The zero-order valence-corrected chi connectivity index (χ0v) is 16.0. The Labute approximate surface area is 168 Å². The van der Waals surface area contributed by atoms with Crippen molar-refractivity contribution < 1.29 is 14.5 Å². The van der Waals surface area contributed by atoms with E-state index in [9.17, 15) is 14.9 Å². The molecule has 1 fully saturated rings. The number of ether oxygens (including phenoxy) is 1. The maximum Gasteiger partial charge on any atom is 0.315 e. The molecule has 2 aromatic rings. The lowest BCUT2D eigenvalue weighted by molar-refractivity contribution is -0.384. The Morgan fingerprint density at radius 3 is 2.76 bits per heavy atom. The summed E-state index contributed by atoms with van der Waals surface area (Å²) in [5, 5.41) is 19.5. The van der Waals surface area contributed by atoms with Crippen LogP contribution in [0.4, 0.5) is 22.0 Å². The fraction of sp³-hybridized carbons (Fsp3) is 0.368. The summed E-state index contributed by atoms with van der Waals surface area (Å²) < 4.78 is 5.35. The first-order valence-electron chi connectivity index (χ1n) is 9.40. The summed E-state index contributed by atoms with van der Waals surface area (Å²) >= 11 is 0. The van der Waals surface area contributed by atoms with E-state index in [0.29, 0.717) is 38.5 Å². The highest BCUT2D eigenvalue weighted by Crippen LogP contribution is 2.22. The average molecular weight is 400 g/mol. The number of aromatic nitrogens is 1. The molecule has 2 amide bonds. The molecule has 1 saturated heterocycles. The standard InChI is InChI=1S/C19H24N6O4/c26-19(22-8-7-20-16-3-1-2-4-17(16)25(27)28)23-14-15-5-6-21-18(13-15)24-9-11-29-12-10-24/h1-6,13,20H,7-12,14H2,(H2,22,23,26). The number of benzene rings is 1. The lowest BCUT2D eigenvalue weighted by Gasteiger charge is -2.28. The van der Waals surface area contributed by atoms with Crippen molar-refractivity contribution in [3.05, 3.63) is 58.3 Å². The molecule has 154 valence electrons. The van der Waals surface area contributed by atoms with E-state index in [4.69, 9.17) is 4.74 Å². The van der Waals surface area contributed by atoms with E-state index in [0.717, 1.165) is 24.5 Å². The van der Waals surface area contributed by atoms with E-state index < -0.39 is 4.92 Å². The van der Waals surface area contributed by atoms with Gasteiger partial charge in [0, 0.05) is 45.0 Å². The van der Waals surface area contributed by atoms with Gasteiger partial charge in [-0.2, -0.15) is 0 Å². The number of nitro groups is 1. The van der Waals surface area contributed by atoms with Crippen LogP contribution in [0.15, 0.2) is 42.6 Å². The molecule has 0 bridgehead atoms. The minimum atomic E-state index is -0.442. The number of nitrogens with one attached hydrogen (secondary N) is 3. The van der Waals surface area contributed by atoms with E-state index in [1.165, 1.54) is 6.07 Å². The summed E-state index contributed by atoms with van der Waals surface area (Å²) in [6, 6.07) is 9.91. The molecule has 0 saturated carbocycles. The van der Waals surface area contributed by atoms with Gasteiger partial charge in [0.1, 0.15) is 11.5 Å². The van der Waals surface area contributed by atoms with Crippen LogP contribution < -0.4 is 20.9 Å². The summed E-state index contributed by atoms with van der Waals surface area (Å²) in [6.07, 6.45) is 1.73. The lowest BCUT2D eigenvalue weighted by Crippen LogP contribution is -2.38. The van der Waals surface area contributed by atoms with Crippen LogP contribution in [-0.2, 0) is 11.3 Å². The minimum absolute atomic E-state index is 0.00529. The molecule has 1 aliphatic rings. The topological polar surface area (TPSA) is 122 Å². The van der Waals surface area contributed by atoms with E-state index in [1.807, 2.05) is 12.1 Å². The van der Waals surface area contributed by atoms with Crippen molar-refractivity contribution in [2.24, 2.45) is 0 Å². The predicted octanol–water partition coefficient (Wildman–Crippen LogP) is 1.74. The van der Waals surface area contributed by atoms with Crippen molar-refractivity contribution in [3.63, 3.8) is 0 Å². The van der Waals surface area contributed by atoms with Crippen LogP contribution in [0.25, 0.3) is 0 Å². The highest BCUT2D eigenvalue weighted by atomic mass is 16.6. The van der Waals surface area contributed by atoms with Gasteiger partial charge in [0.05, 0.1) is 18.1 Å². The number of nitro benzene ring substituents is 1. The number of hydrogen-bond acceptors (Lipinski definition) is 7. The molecule has 29 heavy (non-hydrogen) atoms. The molecule has 3 N–H and O–H groups in total. The van der Waals surface area contributed by atoms with E-state index >= 15 is 0 Å². The number of hydrogen-bond donors (Lipinski definition) is 3. The zero-order chi connectivity index (χ0) is 20.5. The summed E-state index contributed by atoms with van der Waals surface area (Å²) in [5.74, 6) is 0.877. The second kappa shape index (κ2) is 10.2. The number of carbonyl (C=O) groups excluding carboxylic acids is 1. The maximum absolute atomic E-state index is 12.0. The molecule has 0 aliphatic carbocycles. The number of para-hydroxylation sites is 2. The molecule has 1 aliphatic heterocycles. The molecule has 10 heteroatoms. The van der Waals surface area contributed by atoms with Crippen LogP contribution in [0.2, 0.25) is 0 Å². The average Bonchev–Trinajstić information content (AvgIpc) is 2.76. The number of urea groups is 1. The number of morpholine rings is 1. The summed E-state index contributed by atoms with van der Waals surface area (Å²) in [5.41, 5.74) is 1.38. The molecule has 2 heterocycles. The summed E-state index contributed by atoms with van der Waals surface area (Å²) in [7, 11) is 0. The van der Waals surface area contributed by atoms with Crippen LogP contribution >= 0.6 is 0 Å². The van der Waals surface area contributed by atoms with Crippen LogP contribution in [0, 0.1) is 10.1 Å². The molecule has 0 unspecified atom stereocenters. The third-order valence-electron chi connectivity index (χ3n) is 4.42. The maximum atomic E-state index is 12.0. The Kier molecular flexibility index (Phi) is 7.17. The van der Waals surface area contributed by atoms with Gasteiger partial charge in [-0.1, -0.05) is 12.1 Å². The van der Waals surface area contributed by atoms with Gasteiger partial charge in [-0.3, -0.25) is 10.1 Å². The number of pyridine rings is 1. The van der Waals surface area contributed by atoms with Crippen LogP contribution in [0.1, 0.15) is 5.56 Å². The van der Waals surface area contributed by atoms with Gasteiger partial charge in [-0.25, -0.2) is 9.78 Å². The summed E-state index contributed by atoms with van der Waals surface area (Å²) in [6.45, 7) is 4.05. The molecule has 1 aromatic carbocycles. The van der Waals surface area contributed by atoms with Crippen molar-refractivity contribution in [3.8, 4) is 0 Å². The van der Waals surface area contributed by atoms with E-state index in [1.54, 1.807) is 24.4 Å². The van der Waals surface area contributed by atoms with Gasteiger partial charge >= 0.3 is 6.03 Å². The zero-order valence-electron chi connectivity index (χ0n) is 16.0. The Morgan fingerprint density at radius 1 is 1.17 bits per heavy atom. The SMILES string of the molecule is O=C(NCCNc1ccccc1[N+](=O)[O-])NCc1ccnc(N2CCOCC2)c1. The van der Waals surface area contributed by atoms with Gasteiger partial charge in [0.15, 0.2) is 0 Å². The fourth-order valence-corrected chi connectivity index (χ4v) is 2.94. The Hall–Kier alpha value is -3.40. The first kappa shape index (κ1) is 20.3. The van der Waals surface area contributed by atoms with Crippen LogP contribution in [-0.4, -0.2) is 55.3 Å². The first-order valence-corrected chi connectivity index (χ1v) is 9.40. The monoisotopic (exact) mass is 400 g/mol. The number of rotatable bonds is 8. The second-order valence-corrected chi connectivity index (χ2v) is 6.43. The van der Waals surface area contributed by atoms with Crippen molar-refractivity contribution in [1.29, 1.82) is 0 Å². The number of nitrogens with zero attached hydrogens (tertiary/aromatic N) is 3. The molecule has 10 nitrogen and oxygen atoms in total. The van der Waals surface area contributed by atoms with Gasteiger partial charge in [-0.05, 0) is 23.8 Å². The van der Waals surface area contributed by atoms with Gasteiger partial charge in [0.25, 0.3) is 5.69 Å². The smallest absolute Gasteiger partial charge is 0.315 e. The highest BCUT2D eigenvalue weighted by Gasteiger charge is 2.13. The van der Waals surface area contributed by atoms with Crippen molar-refractivity contribution in [2.45, 2.75) is 6.54 Å². The number of carbonyl (C=O) groups is 1. The molecule has 0 spiro atoms. The highest BCUT2D eigenvalue weighted by molar-refractivity contribution is 5.74. The Balaban J connectivity index is 1.40. The number of amides is 2. The first-order chi connectivity index (χ1) is 14.1. The van der Waals surface area contributed by atoms with E-state index in [-0.39, 0.29) is 11.7 Å². The molecule has 1 aromatic heterocycles. The fourth-order valence-electron chi connectivity index (χ4n) is 2.94. The summed E-state index contributed by atoms with van der Waals surface area (Å²) in [4.78, 5) is 29.1. The third kappa shape index (κ3) is 6.04. The van der Waals surface area contributed by atoms with Crippen molar-refractivity contribution in [1.82, 2.24) is 15.6 Å². The molecule has 0 radical (unpaired) electrons. The van der Waals surface area contributed by atoms with Gasteiger partial charge in [0.2, 0.25) is 0 Å².